The van der Waals surface area contributed by atoms with E-state index in [0.717, 1.165) is 11.4 Å². The van der Waals surface area contributed by atoms with Crippen molar-refractivity contribution in [2.45, 2.75) is 20.3 Å². The number of nitrogens with zero attached hydrogens (tertiary/aromatic N) is 4. The molecule has 0 saturated carbocycles. The van der Waals surface area contributed by atoms with Crippen LogP contribution in [0.4, 0.5) is 5.69 Å². The van der Waals surface area contributed by atoms with E-state index in [9.17, 15) is 4.79 Å². The minimum absolute atomic E-state index is 0.138. The topological polar surface area (TPSA) is 72.7 Å². The van der Waals surface area contributed by atoms with Gasteiger partial charge in [-0.1, -0.05) is 11.6 Å². The van der Waals surface area contributed by atoms with E-state index in [4.69, 9.17) is 11.6 Å². The molecule has 3 aromatic heterocycles. The van der Waals surface area contributed by atoms with Crippen LogP contribution in [0.1, 0.15) is 17.1 Å². The highest BCUT2D eigenvalue weighted by Crippen LogP contribution is 2.24. The summed E-state index contributed by atoms with van der Waals surface area (Å²) in [6.07, 6.45) is 3.45. The Kier molecular flexibility index (Phi) is 4.40. The molecule has 0 radical (unpaired) electrons. The Bertz CT molecular complexity index is 843. The van der Waals surface area contributed by atoms with Crippen LogP contribution in [0.5, 0.6) is 0 Å². The number of pyridine rings is 1. The van der Waals surface area contributed by atoms with E-state index >= 15 is 0 Å². The van der Waals surface area contributed by atoms with Gasteiger partial charge in [-0.3, -0.25) is 9.78 Å². The zero-order chi connectivity index (χ0) is 16.4. The summed E-state index contributed by atoms with van der Waals surface area (Å²) >= 11 is 7.58. The molecular formula is C15H14ClN5OS. The lowest BCUT2D eigenvalue weighted by atomic mass is 10.3. The number of aryl methyl sites for hydroxylation is 1. The molecule has 6 nitrogen and oxygen atoms in total. The standard InChI is InChI=1S/C15H14ClN5OS/c1-9-14(16)10(2)21(20-9)15-19-12(8-23-15)6-13(22)18-11-4-3-5-17-7-11/h3-5,7-8H,6H2,1-2H3,(H,18,22). The Labute approximate surface area is 142 Å². The van der Waals surface area contributed by atoms with Crippen LogP contribution < -0.4 is 5.32 Å². The minimum Gasteiger partial charge on any atom is -0.324 e. The lowest BCUT2D eigenvalue weighted by Crippen LogP contribution is -2.14. The van der Waals surface area contributed by atoms with Gasteiger partial charge in [-0.25, -0.2) is 9.67 Å². The van der Waals surface area contributed by atoms with E-state index in [1.54, 1.807) is 29.2 Å². The quantitative estimate of drug-likeness (QED) is 0.786. The number of thiazole rings is 1. The van der Waals surface area contributed by atoms with Gasteiger partial charge in [0, 0.05) is 11.6 Å². The van der Waals surface area contributed by atoms with Gasteiger partial charge >= 0.3 is 0 Å². The van der Waals surface area contributed by atoms with Crippen LogP contribution in [0.25, 0.3) is 5.13 Å². The molecular weight excluding hydrogens is 334 g/mol. The normalized spacial score (nSPS) is 10.7. The average molecular weight is 348 g/mol. The molecule has 3 aromatic rings. The van der Waals surface area contributed by atoms with E-state index in [1.807, 2.05) is 19.2 Å². The molecule has 0 aliphatic heterocycles. The number of aromatic nitrogens is 4. The molecule has 118 valence electrons. The molecule has 3 rings (SSSR count). The summed E-state index contributed by atoms with van der Waals surface area (Å²) in [5, 5.41) is 10.3. The lowest BCUT2D eigenvalue weighted by molar-refractivity contribution is -0.115. The van der Waals surface area contributed by atoms with Crippen molar-refractivity contribution in [3.05, 3.63) is 52.0 Å². The zero-order valence-corrected chi connectivity index (χ0v) is 14.1. The van der Waals surface area contributed by atoms with Gasteiger partial charge in [-0.2, -0.15) is 5.10 Å². The Morgan fingerprint density at radius 1 is 1.43 bits per heavy atom. The highest BCUT2D eigenvalue weighted by molar-refractivity contribution is 7.12. The van der Waals surface area contributed by atoms with Gasteiger partial charge in [0.1, 0.15) is 0 Å². The van der Waals surface area contributed by atoms with Crippen LogP contribution >= 0.6 is 22.9 Å². The van der Waals surface area contributed by atoms with Crippen LogP contribution in [0.3, 0.4) is 0 Å². The highest BCUT2D eigenvalue weighted by atomic mass is 35.5. The average Bonchev–Trinajstić information content (AvgIpc) is 3.08. The SMILES string of the molecule is Cc1nn(-c2nc(CC(=O)Nc3cccnc3)cs2)c(C)c1Cl. The molecule has 23 heavy (non-hydrogen) atoms. The molecule has 0 atom stereocenters. The summed E-state index contributed by atoms with van der Waals surface area (Å²) in [5.74, 6) is -0.138. The third-order valence-electron chi connectivity index (χ3n) is 3.21. The van der Waals surface area contributed by atoms with Gasteiger partial charge in [-0.15, -0.1) is 11.3 Å². The van der Waals surface area contributed by atoms with Gasteiger partial charge < -0.3 is 5.32 Å². The van der Waals surface area contributed by atoms with Gasteiger partial charge in [-0.05, 0) is 26.0 Å². The van der Waals surface area contributed by atoms with Crippen LogP contribution in [0.15, 0.2) is 29.9 Å². The summed E-state index contributed by atoms with van der Waals surface area (Å²) in [5.41, 5.74) is 2.95. The number of hydrogen-bond donors (Lipinski definition) is 1. The van der Waals surface area contributed by atoms with E-state index < -0.39 is 0 Å². The van der Waals surface area contributed by atoms with Crippen molar-refractivity contribution in [2.75, 3.05) is 5.32 Å². The predicted octanol–water partition coefficient (Wildman–Crippen LogP) is 3.18. The summed E-state index contributed by atoms with van der Waals surface area (Å²) < 4.78 is 1.70. The minimum atomic E-state index is -0.138. The number of rotatable bonds is 4. The Morgan fingerprint density at radius 3 is 2.91 bits per heavy atom. The molecule has 0 unspecified atom stereocenters. The Hall–Kier alpha value is -2.25. The van der Waals surface area contributed by atoms with Gasteiger partial charge in [0.15, 0.2) is 0 Å². The van der Waals surface area contributed by atoms with E-state index in [1.165, 1.54) is 11.3 Å². The highest BCUT2D eigenvalue weighted by Gasteiger charge is 2.14. The summed E-state index contributed by atoms with van der Waals surface area (Å²) in [6.45, 7) is 3.74. The second-order valence-corrected chi connectivity index (χ2v) is 6.20. The van der Waals surface area contributed by atoms with Crippen LogP contribution in [0.2, 0.25) is 5.02 Å². The monoisotopic (exact) mass is 347 g/mol. The first-order valence-electron chi connectivity index (χ1n) is 6.91. The first-order valence-corrected chi connectivity index (χ1v) is 8.16. The van der Waals surface area contributed by atoms with E-state index in [-0.39, 0.29) is 12.3 Å². The molecule has 0 spiro atoms. The second-order valence-electron chi connectivity index (χ2n) is 4.98. The van der Waals surface area contributed by atoms with Gasteiger partial charge in [0.2, 0.25) is 11.0 Å². The molecule has 1 N–H and O–H groups in total. The van der Waals surface area contributed by atoms with Crippen LogP contribution in [-0.2, 0) is 11.2 Å². The molecule has 0 saturated heterocycles. The maximum Gasteiger partial charge on any atom is 0.230 e. The summed E-state index contributed by atoms with van der Waals surface area (Å²) in [7, 11) is 0. The number of hydrogen-bond acceptors (Lipinski definition) is 5. The van der Waals surface area contributed by atoms with Crippen molar-refractivity contribution in [1.29, 1.82) is 0 Å². The first kappa shape index (κ1) is 15.6. The number of amides is 1. The number of halogens is 1. The van der Waals surface area contributed by atoms with Crippen molar-refractivity contribution < 1.29 is 4.79 Å². The predicted molar refractivity (Wildman–Crippen MR) is 90.3 cm³/mol. The maximum atomic E-state index is 12.0. The third kappa shape index (κ3) is 3.40. The Balaban J connectivity index is 1.72. The first-order chi connectivity index (χ1) is 11.0. The number of nitrogens with one attached hydrogen (secondary N) is 1. The van der Waals surface area contributed by atoms with Gasteiger partial charge in [0.05, 0.1) is 40.4 Å². The third-order valence-corrected chi connectivity index (χ3v) is 4.62. The molecule has 0 aromatic carbocycles. The molecule has 0 bridgehead atoms. The van der Waals surface area contributed by atoms with Crippen molar-refractivity contribution >= 4 is 34.5 Å². The molecule has 0 aliphatic carbocycles. The fourth-order valence-corrected chi connectivity index (χ4v) is 3.03. The van der Waals surface area contributed by atoms with E-state index in [0.29, 0.717) is 21.5 Å². The van der Waals surface area contributed by atoms with Crippen molar-refractivity contribution in [1.82, 2.24) is 19.7 Å². The van der Waals surface area contributed by atoms with E-state index in [2.05, 4.69) is 20.4 Å². The van der Waals surface area contributed by atoms with Crippen LogP contribution in [-0.4, -0.2) is 25.7 Å². The fraction of sp³-hybridized carbons (Fsp3) is 0.200. The smallest absolute Gasteiger partial charge is 0.230 e. The molecule has 0 aliphatic rings. The molecule has 8 heteroatoms. The summed E-state index contributed by atoms with van der Waals surface area (Å²) in [6, 6.07) is 3.55. The Morgan fingerprint density at radius 2 is 2.26 bits per heavy atom. The molecule has 1 amide bonds. The van der Waals surface area contributed by atoms with Crippen molar-refractivity contribution in [3.63, 3.8) is 0 Å². The van der Waals surface area contributed by atoms with Crippen molar-refractivity contribution in [2.24, 2.45) is 0 Å². The number of anilines is 1. The largest absolute Gasteiger partial charge is 0.324 e. The van der Waals surface area contributed by atoms with Crippen LogP contribution in [0, 0.1) is 13.8 Å². The van der Waals surface area contributed by atoms with Crippen molar-refractivity contribution in [3.8, 4) is 5.13 Å². The molecule has 3 heterocycles. The number of carbonyl (C=O) groups is 1. The lowest BCUT2D eigenvalue weighted by Gasteiger charge is -2.02. The maximum absolute atomic E-state index is 12.0. The fourth-order valence-electron chi connectivity index (χ4n) is 2.09. The summed E-state index contributed by atoms with van der Waals surface area (Å²) in [4.78, 5) is 20.5. The second kappa shape index (κ2) is 6.47. The van der Waals surface area contributed by atoms with Gasteiger partial charge in [0.25, 0.3) is 0 Å². The molecule has 0 fully saturated rings. The number of carbonyl (C=O) groups excluding carboxylic acids is 1. The zero-order valence-electron chi connectivity index (χ0n) is 12.6.